The molecule has 0 unspecified atom stereocenters. The van der Waals surface area contributed by atoms with E-state index in [-0.39, 0.29) is 0 Å². The van der Waals surface area contributed by atoms with E-state index in [1.807, 2.05) is 25.5 Å². The van der Waals surface area contributed by atoms with Gasteiger partial charge in [0.15, 0.2) is 0 Å². The molecule has 0 spiro atoms. The third kappa shape index (κ3) is 2.61. The lowest BCUT2D eigenvalue weighted by Gasteiger charge is -2.05. The van der Waals surface area contributed by atoms with Crippen LogP contribution in [0.1, 0.15) is 24.0 Å². The van der Waals surface area contributed by atoms with Crippen molar-refractivity contribution in [2.24, 2.45) is 0 Å². The van der Waals surface area contributed by atoms with Crippen molar-refractivity contribution in [1.82, 2.24) is 19.7 Å². The molecule has 5 nitrogen and oxygen atoms in total. The molecular formula is C12H16ClN5. The van der Waals surface area contributed by atoms with Gasteiger partial charge >= 0.3 is 0 Å². The van der Waals surface area contributed by atoms with Crippen molar-refractivity contribution in [3.05, 3.63) is 34.5 Å². The van der Waals surface area contributed by atoms with Gasteiger partial charge in [0.25, 0.3) is 0 Å². The first-order chi connectivity index (χ1) is 8.61. The predicted octanol–water partition coefficient (Wildman–Crippen LogP) is 2.42. The molecule has 2 aromatic heterocycles. The van der Waals surface area contributed by atoms with Gasteiger partial charge < -0.3 is 5.32 Å². The van der Waals surface area contributed by atoms with Crippen LogP contribution in [0.3, 0.4) is 0 Å². The predicted molar refractivity (Wildman–Crippen MR) is 72.0 cm³/mol. The van der Waals surface area contributed by atoms with Crippen molar-refractivity contribution >= 4 is 17.4 Å². The Kier molecular flexibility index (Phi) is 3.81. The van der Waals surface area contributed by atoms with E-state index in [0.717, 1.165) is 29.4 Å². The van der Waals surface area contributed by atoms with Gasteiger partial charge in [-0.15, -0.1) is 0 Å². The standard InChI is InChI=1S/C12H16ClN5/c1-4-14-11-6-15-10(5-16-11)7-18-9(3)12(13)8(2)17-18/h5-6H,4,7H2,1-3H3,(H,14,16). The first kappa shape index (κ1) is 12.8. The van der Waals surface area contributed by atoms with Crippen LogP contribution in [-0.2, 0) is 6.54 Å². The number of rotatable bonds is 4. The molecule has 0 aromatic carbocycles. The van der Waals surface area contributed by atoms with Crippen LogP contribution in [0, 0.1) is 13.8 Å². The third-order valence-corrected chi connectivity index (χ3v) is 3.22. The molecule has 2 aromatic rings. The molecule has 6 heteroatoms. The van der Waals surface area contributed by atoms with Crippen LogP contribution >= 0.6 is 11.6 Å². The minimum atomic E-state index is 0.582. The molecule has 2 heterocycles. The Bertz CT molecular complexity index is 532. The van der Waals surface area contributed by atoms with E-state index in [1.165, 1.54) is 0 Å². The highest BCUT2D eigenvalue weighted by molar-refractivity contribution is 6.31. The van der Waals surface area contributed by atoms with Crippen LogP contribution in [0.2, 0.25) is 5.02 Å². The number of anilines is 1. The molecule has 0 aliphatic rings. The number of hydrogen-bond donors (Lipinski definition) is 1. The fourth-order valence-corrected chi connectivity index (χ4v) is 1.83. The molecule has 0 amide bonds. The Hall–Kier alpha value is -1.62. The van der Waals surface area contributed by atoms with E-state index in [0.29, 0.717) is 11.6 Å². The molecular weight excluding hydrogens is 250 g/mol. The fourth-order valence-electron chi connectivity index (χ4n) is 1.69. The molecule has 1 N–H and O–H groups in total. The van der Waals surface area contributed by atoms with E-state index in [9.17, 15) is 0 Å². The Labute approximate surface area is 111 Å². The highest BCUT2D eigenvalue weighted by Crippen LogP contribution is 2.19. The second-order valence-electron chi connectivity index (χ2n) is 4.07. The maximum Gasteiger partial charge on any atom is 0.144 e. The first-order valence-corrected chi connectivity index (χ1v) is 6.24. The van der Waals surface area contributed by atoms with E-state index in [4.69, 9.17) is 11.6 Å². The van der Waals surface area contributed by atoms with Gasteiger partial charge in [-0.05, 0) is 20.8 Å². The number of halogens is 1. The molecule has 0 fully saturated rings. The molecule has 0 saturated carbocycles. The van der Waals surface area contributed by atoms with Crippen LogP contribution in [0.15, 0.2) is 12.4 Å². The van der Waals surface area contributed by atoms with Crippen LogP contribution < -0.4 is 5.32 Å². The maximum atomic E-state index is 6.10. The minimum absolute atomic E-state index is 0.582. The van der Waals surface area contributed by atoms with Crippen molar-refractivity contribution in [1.29, 1.82) is 0 Å². The summed E-state index contributed by atoms with van der Waals surface area (Å²) in [5, 5.41) is 8.19. The third-order valence-electron chi connectivity index (χ3n) is 2.67. The Balaban J connectivity index is 2.15. The molecule has 2 rings (SSSR count). The first-order valence-electron chi connectivity index (χ1n) is 5.86. The smallest absolute Gasteiger partial charge is 0.144 e. The van der Waals surface area contributed by atoms with Crippen molar-refractivity contribution in [2.75, 3.05) is 11.9 Å². The van der Waals surface area contributed by atoms with Gasteiger partial charge in [-0.3, -0.25) is 9.67 Å². The van der Waals surface area contributed by atoms with Crippen molar-refractivity contribution in [3.63, 3.8) is 0 Å². The van der Waals surface area contributed by atoms with Crippen LogP contribution in [0.4, 0.5) is 5.82 Å². The number of hydrogen-bond acceptors (Lipinski definition) is 4. The number of nitrogens with zero attached hydrogens (tertiary/aromatic N) is 4. The van der Waals surface area contributed by atoms with E-state index < -0.39 is 0 Å². The summed E-state index contributed by atoms with van der Waals surface area (Å²) in [5.74, 6) is 0.785. The maximum absolute atomic E-state index is 6.10. The Morgan fingerprint density at radius 1 is 1.28 bits per heavy atom. The monoisotopic (exact) mass is 265 g/mol. The van der Waals surface area contributed by atoms with Crippen LogP contribution in [0.25, 0.3) is 0 Å². The molecule has 0 aliphatic carbocycles. The lowest BCUT2D eigenvalue weighted by Crippen LogP contribution is -2.07. The van der Waals surface area contributed by atoms with Gasteiger partial charge in [0.2, 0.25) is 0 Å². The molecule has 0 radical (unpaired) electrons. The largest absolute Gasteiger partial charge is 0.369 e. The summed E-state index contributed by atoms with van der Waals surface area (Å²) in [4.78, 5) is 8.62. The van der Waals surface area contributed by atoms with Gasteiger partial charge in [-0.25, -0.2) is 4.98 Å². The average molecular weight is 266 g/mol. The summed E-state index contributed by atoms with van der Waals surface area (Å²) in [5.41, 5.74) is 2.65. The normalized spacial score (nSPS) is 10.7. The van der Waals surface area contributed by atoms with Gasteiger partial charge in [0.05, 0.1) is 41.0 Å². The summed E-state index contributed by atoms with van der Waals surface area (Å²) in [6.45, 7) is 7.28. The highest BCUT2D eigenvalue weighted by Gasteiger charge is 2.09. The SMILES string of the molecule is CCNc1cnc(Cn2nc(C)c(Cl)c2C)cn1. The van der Waals surface area contributed by atoms with Gasteiger partial charge in [0, 0.05) is 6.54 Å². The van der Waals surface area contributed by atoms with Crippen molar-refractivity contribution in [3.8, 4) is 0 Å². The second kappa shape index (κ2) is 5.35. The minimum Gasteiger partial charge on any atom is -0.369 e. The summed E-state index contributed by atoms with van der Waals surface area (Å²) < 4.78 is 1.84. The summed E-state index contributed by atoms with van der Waals surface area (Å²) >= 11 is 6.10. The molecule has 0 atom stereocenters. The Morgan fingerprint density at radius 3 is 2.56 bits per heavy atom. The lowest BCUT2D eigenvalue weighted by molar-refractivity contribution is 0.644. The zero-order valence-corrected chi connectivity index (χ0v) is 11.5. The molecule has 0 aliphatic heterocycles. The zero-order valence-electron chi connectivity index (χ0n) is 10.7. The van der Waals surface area contributed by atoms with Gasteiger partial charge in [-0.2, -0.15) is 5.10 Å². The average Bonchev–Trinajstić information content (AvgIpc) is 2.60. The van der Waals surface area contributed by atoms with Crippen LogP contribution in [-0.4, -0.2) is 26.3 Å². The van der Waals surface area contributed by atoms with Gasteiger partial charge in [-0.1, -0.05) is 11.6 Å². The fraction of sp³-hybridized carbons (Fsp3) is 0.417. The number of aromatic nitrogens is 4. The van der Waals surface area contributed by atoms with E-state index in [1.54, 1.807) is 12.4 Å². The van der Waals surface area contributed by atoms with E-state index >= 15 is 0 Å². The van der Waals surface area contributed by atoms with Crippen molar-refractivity contribution in [2.45, 2.75) is 27.3 Å². The second-order valence-corrected chi connectivity index (χ2v) is 4.44. The quantitative estimate of drug-likeness (QED) is 0.922. The highest BCUT2D eigenvalue weighted by atomic mass is 35.5. The Morgan fingerprint density at radius 2 is 2.06 bits per heavy atom. The summed E-state index contributed by atoms with van der Waals surface area (Å²) in [6.07, 6.45) is 3.48. The zero-order chi connectivity index (χ0) is 13.1. The van der Waals surface area contributed by atoms with E-state index in [2.05, 4.69) is 20.4 Å². The van der Waals surface area contributed by atoms with Gasteiger partial charge in [0.1, 0.15) is 5.82 Å². The lowest BCUT2D eigenvalue weighted by atomic mass is 10.4. The molecule has 0 bridgehead atoms. The molecule has 96 valence electrons. The number of aryl methyl sites for hydroxylation is 1. The molecule has 0 saturated heterocycles. The number of nitrogens with one attached hydrogen (secondary N) is 1. The summed E-state index contributed by atoms with van der Waals surface area (Å²) in [6, 6.07) is 0. The topological polar surface area (TPSA) is 55.6 Å². The van der Waals surface area contributed by atoms with Crippen LogP contribution in [0.5, 0.6) is 0 Å². The summed E-state index contributed by atoms with van der Waals surface area (Å²) in [7, 11) is 0. The molecule has 18 heavy (non-hydrogen) atoms. The van der Waals surface area contributed by atoms with Crippen molar-refractivity contribution < 1.29 is 0 Å².